The average molecular weight is 281 g/mol. The summed E-state index contributed by atoms with van der Waals surface area (Å²) in [7, 11) is 1.40. The van der Waals surface area contributed by atoms with Gasteiger partial charge in [0, 0.05) is 11.6 Å². The first-order chi connectivity index (χ1) is 9.54. The van der Waals surface area contributed by atoms with Crippen LogP contribution in [0.5, 0.6) is 5.75 Å². The van der Waals surface area contributed by atoms with E-state index in [0.717, 1.165) is 6.07 Å². The van der Waals surface area contributed by atoms with E-state index in [4.69, 9.17) is 10.5 Å². The Bertz CT molecular complexity index is 616. The van der Waals surface area contributed by atoms with Gasteiger partial charge in [-0.15, -0.1) is 0 Å². The Hall–Kier alpha value is -2.01. The van der Waals surface area contributed by atoms with E-state index >= 15 is 0 Å². The van der Waals surface area contributed by atoms with Gasteiger partial charge in [0.2, 0.25) is 0 Å². The molecule has 0 heterocycles. The van der Waals surface area contributed by atoms with E-state index in [0.29, 0.717) is 0 Å². The topological polar surface area (TPSA) is 35.2 Å². The SMILES string of the molecule is COc1cccc(F)c1C(N)Cc1cccc(F)c1F. The highest BCUT2D eigenvalue weighted by molar-refractivity contribution is 5.38. The molecule has 0 fully saturated rings. The van der Waals surface area contributed by atoms with Gasteiger partial charge < -0.3 is 10.5 Å². The molecule has 2 aromatic rings. The van der Waals surface area contributed by atoms with Crippen LogP contribution in [-0.2, 0) is 6.42 Å². The van der Waals surface area contributed by atoms with Crippen molar-refractivity contribution in [1.29, 1.82) is 0 Å². The van der Waals surface area contributed by atoms with Crippen molar-refractivity contribution in [3.8, 4) is 5.75 Å². The molecule has 0 aliphatic carbocycles. The van der Waals surface area contributed by atoms with Gasteiger partial charge in [0.05, 0.1) is 7.11 Å². The Morgan fingerprint density at radius 1 is 1.05 bits per heavy atom. The molecule has 0 amide bonds. The Labute approximate surface area is 115 Å². The second-order valence-electron chi connectivity index (χ2n) is 4.38. The van der Waals surface area contributed by atoms with Crippen molar-refractivity contribution in [1.82, 2.24) is 0 Å². The van der Waals surface area contributed by atoms with Crippen LogP contribution in [0.15, 0.2) is 36.4 Å². The van der Waals surface area contributed by atoms with Crippen molar-refractivity contribution in [3.63, 3.8) is 0 Å². The number of rotatable bonds is 4. The first-order valence-electron chi connectivity index (χ1n) is 6.05. The standard InChI is InChI=1S/C15H14F3NO/c1-20-13-7-3-5-10(16)14(13)12(19)8-9-4-2-6-11(17)15(9)18/h2-7,12H,8,19H2,1H3. The summed E-state index contributed by atoms with van der Waals surface area (Å²) in [5.74, 6) is -2.16. The van der Waals surface area contributed by atoms with Gasteiger partial charge in [-0.3, -0.25) is 0 Å². The van der Waals surface area contributed by atoms with Gasteiger partial charge in [-0.2, -0.15) is 0 Å². The summed E-state index contributed by atoms with van der Waals surface area (Å²) in [4.78, 5) is 0. The fourth-order valence-electron chi connectivity index (χ4n) is 2.10. The van der Waals surface area contributed by atoms with Crippen LogP contribution < -0.4 is 10.5 Å². The maximum atomic E-state index is 13.8. The molecule has 0 saturated heterocycles. The molecule has 0 aliphatic rings. The van der Waals surface area contributed by atoms with E-state index in [9.17, 15) is 13.2 Å². The third kappa shape index (κ3) is 2.77. The smallest absolute Gasteiger partial charge is 0.162 e. The fourth-order valence-corrected chi connectivity index (χ4v) is 2.10. The number of methoxy groups -OCH3 is 1. The van der Waals surface area contributed by atoms with Gasteiger partial charge in [-0.1, -0.05) is 18.2 Å². The minimum atomic E-state index is -0.960. The number of benzene rings is 2. The second-order valence-corrected chi connectivity index (χ2v) is 4.38. The molecule has 106 valence electrons. The van der Waals surface area contributed by atoms with Crippen LogP contribution in [0.25, 0.3) is 0 Å². The molecule has 2 aromatic carbocycles. The normalized spacial score (nSPS) is 12.2. The number of halogens is 3. The highest BCUT2D eigenvalue weighted by Crippen LogP contribution is 2.29. The summed E-state index contributed by atoms with van der Waals surface area (Å²) in [5, 5.41) is 0. The van der Waals surface area contributed by atoms with Crippen molar-refractivity contribution in [2.24, 2.45) is 5.73 Å². The maximum Gasteiger partial charge on any atom is 0.162 e. The number of hydrogen-bond donors (Lipinski definition) is 1. The van der Waals surface area contributed by atoms with E-state index in [1.54, 1.807) is 6.07 Å². The molecule has 0 radical (unpaired) electrons. The molecule has 20 heavy (non-hydrogen) atoms. The predicted molar refractivity (Wildman–Crippen MR) is 69.9 cm³/mol. The summed E-state index contributed by atoms with van der Waals surface area (Å²) in [6.45, 7) is 0. The zero-order valence-corrected chi connectivity index (χ0v) is 10.9. The van der Waals surface area contributed by atoms with E-state index in [2.05, 4.69) is 0 Å². The van der Waals surface area contributed by atoms with Gasteiger partial charge >= 0.3 is 0 Å². The van der Waals surface area contributed by atoms with Crippen LogP contribution in [0.2, 0.25) is 0 Å². The van der Waals surface area contributed by atoms with Crippen LogP contribution in [0, 0.1) is 17.5 Å². The summed E-state index contributed by atoms with van der Waals surface area (Å²) >= 11 is 0. The molecule has 0 aliphatic heterocycles. The monoisotopic (exact) mass is 281 g/mol. The molecule has 0 saturated carbocycles. The van der Waals surface area contributed by atoms with Crippen molar-refractivity contribution >= 4 is 0 Å². The van der Waals surface area contributed by atoms with E-state index in [1.165, 1.54) is 31.4 Å². The lowest BCUT2D eigenvalue weighted by molar-refractivity contribution is 0.398. The summed E-state index contributed by atoms with van der Waals surface area (Å²) < 4.78 is 45.6. The lowest BCUT2D eigenvalue weighted by Gasteiger charge is -2.17. The first kappa shape index (κ1) is 14.4. The van der Waals surface area contributed by atoms with Crippen LogP contribution in [0.3, 0.4) is 0 Å². The quantitative estimate of drug-likeness (QED) is 0.932. The van der Waals surface area contributed by atoms with Crippen molar-refractivity contribution < 1.29 is 17.9 Å². The van der Waals surface area contributed by atoms with E-state index < -0.39 is 23.5 Å². The molecule has 1 atom stereocenters. The van der Waals surface area contributed by atoms with Crippen LogP contribution in [0.1, 0.15) is 17.2 Å². The Morgan fingerprint density at radius 3 is 2.40 bits per heavy atom. The van der Waals surface area contributed by atoms with Gasteiger partial charge in [-0.05, 0) is 30.2 Å². The zero-order chi connectivity index (χ0) is 14.7. The molecular formula is C15H14F3NO. The molecule has 2 N–H and O–H groups in total. The summed E-state index contributed by atoms with van der Waals surface area (Å²) in [6.07, 6.45) is -0.0269. The Kier molecular flexibility index (Phi) is 4.29. The van der Waals surface area contributed by atoms with Crippen LogP contribution in [0.4, 0.5) is 13.2 Å². The van der Waals surface area contributed by atoms with Gasteiger partial charge in [0.25, 0.3) is 0 Å². The summed E-state index contributed by atoms with van der Waals surface area (Å²) in [6, 6.07) is 7.31. The second kappa shape index (κ2) is 5.96. The zero-order valence-electron chi connectivity index (χ0n) is 10.9. The van der Waals surface area contributed by atoms with Crippen molar-refractivity contribution in [2.45, 2.75) is 12.5 Å². The molecule has 0 bridgehead atoms. The number of ether oxygens (including phenoxy) is 1. The van der Waals surface area contributed by atoms with E-state index in [-0.39, 0.29) is 23.3 Å². The molecule has 0 spiro atoms. The average Bonchev–Trinajstić information content (AvgIpc) is 2.43. The Balaban J connectivity index is 2.33. The lowest BCUT2D eigenvalue weighted by atomic mass is 9.98. The van der Waals surface area contributed by atoms with Crippen LogP contribution in [-0.4, -0.2) is 7.11 Å². The molecule has 2 rings (SSSR count). The minimum Gasteiger partial charge on any atom is -0.496 e. The minimum absolute atomic E-state index is 0.0269. The highest BCUT2D eigenvalue weighted by atomic mass is 19.2. The number of hydrogen-bond acceptors (Lipinski definition) is 2. The highest BCUT2D eigenvalue weighted by Gasteiger charge is 2.19. The molecule has 5 heteroatoms. The molecule has 0 aromatic heterocycles. The predicted octanol–water partition coefficient (Wildman–Crippen LogP) is 3.36. The maximum absolute atomic E-state index is 13.8. The Morgan fingerprint density at radius 2 is 1.70 bits per heavy atom. The fraction of sp³-hybridized carbons (Fsp3) is 0.200. The lowest BCUT2D eigenvalue weighted by Crippen LogP contribution is -2.17. The molecule has 2 nitrogen and oxygen atoms in total. The van der Waals surface area contributed by atoms with Gasteiger partial charge in [0.1, 0.15) is 11.6 Å². The molecular weight excluding hydrogens is 267 g/mol. The summed E-state index contributed by atoms with van der Waals surface area (Å²) in [5.41, 5.74) is 6.17. The van der Waals surface area contributed by atoms with Gasteiger partial charge in [-0.25, -0.2) is 13.2 Å². The van der Waals surface area contributed by atoms with Crippen LogP contribution >= 0.6 is 0 Å². The number of nitrogens with two attached hydrogens (primary N) is 1. The third-order valence-corrected chi connectivity index (χ3v) is 3.08. The molecule has 1 unspecified atom stereocenters. The van der Waals surface area contributed by atoms with Crippen molar-refractivity contribution in [3.05, 3.63) is 65.0 Å². The van der Waals surface area contributed by atoms with Crippen molar-refractivity contribution in [2.75, 3.05) is 7.11 Å². The third-order valence-electron chi connectivity index (χ3n) is 3.08. The van der Waals surface area contributed by atoms with E-state index in [1.807, 2.05) is 0 Å². The van der Waals surface area contributed by atoms with Gasteiger partial charge in [0.15, 0.2) is 11.6 Å². The largest absolute Gasteiger partial charge is 0.496 e. The first-order valence-corrected chi connectivity index (χ1v) is 6.05.